The molecule has 2 rings (SSSR count). The highest BCUT2D eigenvalue weighted by Crippen LogP contribution is 2.24. The number of esters is 1. The van der Waals surface area contributed by atoms with Crippen LogP contribution in [0.2, 0.25) is 0 Å². The third kappa shape index (κ3) is 4.34. The Morgan fingerprint density at radius 1 is 1.21 bits per heavy atom. The third-order valence-electron chi connectivity index (χ3n) is 3.36. The summed E-state index contributed by atoms with van der Waals surface area (Å²) in [7, 11) is -2.37. The van der Waals surface area contributed by atoms with Crippen molar-refractivity contribution in [2.24, 2.45) is 5.14 Å². The number of primary sulfonamides is 1. The topological polar surface area (TPSA) is 95.7 Å². The van der Waals surface area contributed by atoms with E-state index < -0.39 is 16.0 Å². The fourth-order valence-electron chi connectivity index (χ4n) is 2.08. The number of carbonyl (C=O) groups excluding carboxylic acids is 1. The molecule has 24 heavy (non-hydrogen) atoms. The summed E-state index contributed by atoms with van der Waals surface area (Å²) in [6.07, 6.45) is 0. The minimum absolute atomic E-state index is 0.0134. The van der Waals surface area contributed by atoms with Gasteiger partial charge in [-0.15, -0.1) is 0 Å². The molecule has 0 fully saturated rings. The molecule has 0 radical (unpaired) electrons. The standard InChI is InChI=1S/C16H16BrNO5S/c1-10-3-5-13(24(18,20)21)8-14(10)16(19)23-9-11-7-12(17)4-6-15(11)22-2/h3-8H,9H2,1-2H3,(H2,18,20,21). The maximum Gasteiger partial charge on any atom is 0.338 e. The number of hydrogen-bond acceptors (Lipinski definition) is 5. The summed E-state index contributed by atoms with van der Waals surface area (Å²) in [4.78, 5) is 12.2. The van der Waals surface area contributed by atoms with Crippen molar-refractivity contribution < 1.29 is 22.7 Å². The van der Waals surface area contributed by atoms with Gasteiger partial charge in [-0.1, -0.05) is 22.0 Å². The predicted octanol–water partition coefficient (Wildman–Crippen LogP) is 2.77. The number of ether oxygens (including phenoxy) is 2. The highest BCUT2D eigenvalue weighted by molar-refractivity contribution is 9.10. The number of aryl methyl sites for hydroxylation is 1. The van der Waals surface area contributed by atoms with Crippen molar-refractivity contribution in [3.8, 4) is 5.75 Å². The fourth-order valence-corrected chi connectivity index (χ4v) is 3.03. The molecule has 0 saturated heterocycles. The first kappa shape index (κ1) is 18.4. The van der Waals surface area contributed by atoms with Crippen LogP contribution in [0, 0.1) is 6.92 Å². The van der Waals surface area contributed by atoms with Gasteiger partial charge in [-0.25, -0.2) is 18.4 Å². The number of methoxy groups -OCH3 is 1. The summed E-state index contributed by atoms with van der Waals surface area (Å²) >= 11 is 3.34. The minimum atomic E-state index is -3.89. The van der Waals surface area contributed by atoms with Gasteiger partial charge in [0.25, 0.3) is 0 Å². The molecule has 0 bridgehead atoms. The molecule has 0 aliphatic heterocycles. The molecule has 0 saturated carbocycles. The molecular formula is C16H16BrNO5S. The second-order valence-corrected chi connectivity index (χ2v) is 7.53. The van der Waals surface area contributed by atoms with Gasteiger partial charge >= 0.3 is 5.97 Å². The number of benzene rings is 2. The Labute approximate surface area is 148 Å². The SMILES string of the molecule is COc1ccc(Br)cc1COC(=O)c1cc(S(N)(=O)=O)ccc1C. The zero-order chi connectivity index (χ0) is 17.9. The van der Waals surface area contributed by atoms with Crippen LogP contribution in [0.15, 0.2) is 45.8 Å². The second kappa shape index (κ2) is 7.33. The van der Waals surface area contributed by atoms with Gasteiger partial charge in [-0.2, -0.15) is 0 Å². The average Bonchev–Trinajstić information content (AvgIpc) is 2.52. The van der Waals surface area contributed by atoms with Crippen LogP contribution in [0.3, 0.4) is 0 Å². The Balaban J connectivity index is 2.24. The molecular weight excluding hydrogens is 398 g/mol. The number of rotatable bonds is 5. The van der Waals surface area contributed by atoms with Crippen molar-refractivity contribution in [3.05, 3.63) is 57.6 Å². The van der Waals surface area contributed by atoms with Crippen molar-refractivity contribution in [2.75, 3.05) is 7.11 Å². The lowest BCUT2D eigenvalue weighted by Crippen LogP contribution is -2.14. The van der Waals surface area contributed by atoms with Crippen molar-refractivity contribution in [1.82, 2.24) is 0 Å². The molecule has 2 N–H and O–H groups in total. The van der Waals surface area contributed by atoms with E-state index in [1.54, 1.807) is 19.1 Å². The van der Waals surface area contributed by atoms with Crippen LogP contribution < -0.4 is 9.88 Å². The minimum Gasteiger partial charge on any atom is -0.496 e. The van der Waals surface area contributed by atoms with E-state index in [0.29, 0.717) is 16.9 Å². The van der Waals surface area contributed by atoms with Gasteiger partial charge < -0.3 is 9.47 Å². The van der Waals surface area contributed by atoms with E-state index >= 15 is 0 Å². The first-order valence-corrected chi connectivity index (χ1v) is 9.19. The third-order valence-corrected chi connectivity index (χ3v) is 4.76. The highest BCUT2D eigenvalue weighted by atomic mass is 79.9. The van der Waals surface area contributed by atoms with Gasteiger partial charge in [0.15, 0.2) is 0 Å². The molecule has 0 amide bonds. The van der Waals surface area contributed by atoms with Gasteiger partial charge in [0, 0.05) is 10.0 Å². The zero-order valence-electron chi connectivity index (χ0n) is 13.1. The Morgan fingerprint density at radius 2 is 1.92 bits per heavy atom. The van der Waals surface area contributed by atoms with Crippen molar-refractivity contribution in [1.29, 1.82) is 0 Å². The molecule has 0 aliphatic carbocycles. The zero-order valence-corrected chi connectivity index (χ0v) is 15.5. The highest BCUT2D eigenvalue weighted by Gasteiger charge is 2.16. The summed E-state index contributed by atoms with van der Waals surface area (Å²) < 4.78 is 34.2. The van der Waals surface area contributed by atoms with E-state index in [9.17, 15) is 13.2 Å². The van der Waals surface area contributed by atoms with Crippen molar-refractivity contribution in [2.45, 2.75) is 18.4 Å². The largest absolute Gasteiger partial charge is 0.496 e. The lowest BCUT2D eigenvalue weighted by atomic mass is 10.1. The normalized spacial score (nSPS) is 11.2. The molecule has 0 aromatic heterocycles. The Morgan fingerprint density at radius 3 is 2.54 bits per heavy atom. The van der Waals surface area contributed by atoms with Crippen LogP contribution in [0.5, 0.6) is 5.75 Å². The molecule has 2 aromatic rings. The lowest BCUT2D eigenvalue weighted by molar-refractivity contribution is 0.0469. The van der Waals surface area contributed by atoms with Crippen LogP contribution in [-0.4, -0.2) is 21.5 Å². The molecule has 2 aromatic carbocycles. The summed E-state index contributed by atoms with van der Waals surface area (Å²) in [5.41, 5.74) is 1.42. The lowest BCUT2D eigenvalue weighted by Gasteiger charge is -2.11. The van der Waals surface area contributed by atoms with E-state index in [1.165, 1.54) is 25.3 Å². The Bertz CT molecular complexity index is 880. The van der Waals surface area contributed by atoms with Crippen molar-refractivity contribution >= 4 is 31.9 Å². The summed E-state index contributed by atoms with van der Waals surface area (Å²) in [6.45, 7) is 1.67. The van der Waals surface area contributed by atoms with Gasteiger partial charge in [0.05, 0.1) is 17.6 Å². The van der Waals surface area contributed by atoms with E-state index in [-0.39, 0.29) is 17.1 Å². The quantitative estimate of drug-likeness (QED) is 0.760. The molecule has 0 spiro atoms. The number of nitrogens with two attached hydrogens (primary N) is 1. The Hall–Kier alpha value is -1.90. The monoisotopic (exact) mass is 413 g/mol. The molecule has 128 valence electrons. The smallest absolute Gasteiger partial charge is 0.338 e. The number of sulfonamides is 1. The summed E-state index contributed by atoms with van der Waals surface area (Å²) in [5.74, 6) is -0.0546. The maximum atomic E-state index is 12.3. The molecule has 0 atom stereocenters. The van der Waals surface area contributed by atoms with Crippen molar-refractivity contribution in [3.63, 3.8) is 0 Å². The Kier molecular flexibility index (Phi) is 5.63. The van der Waals surface area contributed by atoms with E-state index in [2.05, 4.69) is 15.9 Å². The number of carbonyl (C=O) groups is 1. The molecule has 6 nitrogen and oxygen atoms in total. The van der Waals surface area contributed by atoms with Crippen LogP contribution in [-0.2, 0) is 21.4 Å². The van der Waals surface area contributed by atoms with E-state index in [1.807, 2.05) is 6.07 Å². The fraction of sp³-hybridized carbons (Fsp3) is 0.188. The van der Waals surface area contributed by atoms with Crippen LogP contribution in [0.25, 0.3) is 0 Å². The average molecular weight is 414 g/mol. The first-order chi connectivity index (χ1) is 11.2. The van der Waals surface area contributed by atoms with Crippen LogP contribution >= 0.6 is 15.9 Å². The predicted molar refractivity (Wildman–Crippen MR) is 92.4 cm³/mol. The summed E-state index contributed by atoms with van der Waals surface area (Å²) in [5, 5.41) is 5.09. The molecule has 0 heterocycles. The van der Waals surface area contributed by atoms with Gasteiger partial charge in [0.1, 0.15) is 12.4 Å². The van der Waals surface area contributed by atoms with Gasteiger partial charge in [0.2, 0.25) is 10.0 Å². The van der Waals surface area contributed by atoms with Gasteiger partial charge in [-0.3, -0.25) is 0 Å². The summed E-state index contributed by atoms with van der Waals surface area (Å²) in [6, 6.07) is 9.41. The first-order valence-electron chi connectivity index (χ1n) is 6.85. The van der Waals surface area contributed by atoms with Crippen LogP contribution in [0.1, 0.15) is 21.5 Å². The van der Waals surface area contributed by atoms with E-state index in [4.69, 9.17) is 14.6 Å². The maximum absolute atomic E-state index is 12.3. The van der Waals surface area contributed by atoms with Gasteiger partial charge in [-0.05, 0) is 42.8 Å². The molecule has 0 aliphatic rings. The number of hydrogen-bond donors (Lipinski definition) is 1. The molecule has 0 unspecified atom stereocenters. The number of halogens is 1. The second-order valence-electron chi connectivity index (χ2n) is 5.05. The van der Waals surface area contributed by atoms with Crippen LogP contribution in [0.4, 0.5) is 0 Å². The molecule has 8 heteroatoms. The van der Waals surface area contributed by atoms with E-state index in [0.717, 1.165) is 4.47 Å².